The summed E-state index contributed by atoms with van der Waals surface area (Å²) in [7, 11) is 1.94. The molecule has 0 saturated heterocycles. The maximum absolute atomic E-state index is 11.9. The van der Waals surface area contributed by atoms with Crippen LogP contribution in [0.2, 0.25) is 0 Å². The summed E-state index contributed by atoms with van der Waals surface area (Å²) in [5, 5.41) is 2.91. The average Bonchev–Trinajstić information content (AvgIpc) is 2.27. The number of nitrogens with two attached hydrogens (primary N) is 1. The van der Waals surface area contributed by atoms with E-state index in [1.165, 1.54) is 0 Å². The zero-order chi connectivity index (χ0) is 14.5. The Morgan fingerprint density at radius 1 is 1.40 bits per heavy atom. The Balaban J connectivity index is 0.00000361. The van der Waals surface area contributed by atoms with Gasteiger partial charge in [0.25, 0.3) is 0 Å². The molecule has 0 heterocycles. The molecule has 0 aliphatic heterocycles. The predicted molar refractivity (Wildman–Crippen MR) is 87.4 cm³/mol. The van der Waals surface area contributed by atoms with E-state index >= 15 is 0 Å². The van der Waals surface area contributed by atoms with Gasteiger partial charge >= 0.3 is 0 Å². The van der Waals surface area contributed by atoms with Gasteiger partial charge in [0.05, 0.1) is 6.54 Å². The molecule has 5 heteroatoms. The second-order valence-electron chi connectivity index (χ2n) is 5.96. The summed E-state index contributed by atoms with van der Waals surface area (Å²) in [6.07, 6.45) is 0. The van der Waals surface area contributed by atoms with Gasteiger partial charge in [-0.1, -0.05) is 26.0 Å². The first kappa shape index (κ1) is 18.9. The molecule has 0 atom stereocenters. The fourth-order valence-electron chi connectivity index (χ4n) is 2.02. The van der Waals surface area contributed by atoms with Crippen LogP contribution in [0.5, 0.6) is 0 Å². The standard InChI is InChI=1S/C15H25N3O.ClH/c1-12-6-5-7-13(8-12)17-14(19)9-18(4)11-15(2,3)10-16;/h5-8H,9-11,16H2,1-4H3,(H,17,19);1H. The second kappa shape index (κ2) is 8.25. The molecule has 1 amide bonds. The summed E-state index contributed by atoms with van der Waals surface area (Å²) in [6, 6.07) is 7.80. The highest BCUT2D eigenvalue weighted by Crippen LogP contribution is 2.14. The first-order valence-corrected chi connectivity index (χ1v) is 6.57. The second-order valence-corrected chi connectivity index (χ2v) is 5.96. The van der Waals surface area contributed by atoms with Crippen molar-refractivity contribution in [2.45, 2.75) is 20.8 Å². The number of aryl methyl sites for hydroxylation is 1. The number of hydrogen-bond donors (Lipinski definition) is 2. The summed E-state index contributed by atoms with van der Waals surface area (Å²) in [5.74, 6) is 0.000853. The molecule has 0 radical (unpaired) electrons. The van der Waals surface area contributed by atoms with E-state index in [1.54, 1.807) is 0 Å². The van der Waals surface area contributed by atoms with Gasteiger partial charge in [0.15, 0.2) is 0 Å². The molecule has 4 nitrogen and oxygen atoms in total. The normalized spacial score (nSPS) is 11.1. The molecule has 20 heavy (non-hydrogen) atoms. The number of carbonyl (C=O) groups is 1. The molecule has 1 rings (SSSR count). The van der Waals surface area contributed by atoms with Gasteiger partial charge in [-0.3, -0.25) is 9.69 Å². The maximum Gasteiger partial charge on any atom is 0.238 e. The van der Waals surface area contributed by atoms with Crippen molar-refractivity contribution in [3.63, 3.8) is 0 Å². The van der Waals surface area contributed by atoms with Crippen molar-refractivity contribution in [3.8, 4) is 0 Å². The van der Waals surface area contributed by atoms with Gasteiger partial charge in [-0.2, -0.15) is 0 Å². The number of halogens is 1. The number of amides is 1. The molecule has 0 saturated carbocycles. The van der Waals surface area contributed by atoms with Crippen molar-refractivity contribution in [2.24, 2.45) is 11.1 Å². The van der Waals surface area contributed by atoms with Gasteiger partial charge < -0.3 is 11.1 Å². The van der Waals surface area contributed by atoms with Crippen molar-refractivity contribution >= 4 is 24.0 Å². The highest BCUT2D eigenvalue weighted by molar-refractivity contribution is 5.92. The Labute approximate surface area is 128 Å². The number of nitrogens with zero attached hydrogens (tertiary/aromatic N) is 1. The highest BCUT2D eigenvalue weighted by atomic mass is 35.5. The van der Waals surface area contributed by atoms with Crippen LogP contribution in [0.1, 0.15) is 19.4 Å². The van der Waals surface area contributed by atoms with E-state index in [9.17, 15) is 4.79 Å². The first-order chi connectivity index (χ1) is 8.82. The Morgan fingerprint density at radius 2 is 2.05 bits per heavy atom. The zero-order valence-electron chi connectivity index (χ0n) is 12.8. The fraction of sp³-hybridized carbons (Fsp3) is 0.533. The lowest BCUT2D eigenvalue weighted by molar-refractivity contribution is -0.117. The molecule has 114 valence electrons. The van der Waals surface area contributed by atoms with E-state index in [1.807, 2.05) is 43.1 Å². The van der Waals surface area contributed by atoms with E-state index < -0.39 is 0 Å². The molecule has 0 bridgehead atoms. The molecule has 3 N–H and O–H groups in total. The Hall–Kier alpha value is -1.10. The lowest BCUT2D eigenvalue weighted by Crippen LogP contribution is -2.40. The third-order valence-corrected chi connectivity index (χ3v) is 2.97. The largest absolute Gasteiger partial charge is 0.330 e. The molecule has 1 aromatic carbocycles. The molecule has 0 fully saturated rings. The summed E-state index contributed by atoms with van der Waals surface area (Å²) in [5.41, 5.74) is 7.70. The van der Waals surface area contributed by atoms with Crippen LogP contribution < -0.4 is 11.1 Å². The van der Waals surface area contributed by atoms with Crippen molar-refractivity contribution in [3.05, 3.63) is 29.8 Å². The SMILES string of the molecule is Cc1cccc(NC(=O)CN(C)CC(C)(C)CN)c1.Cl. The average molecular weight is 300 g/mol. The first-order valence-electron chi connectivity index (χ1n) is 6.57. The number of benzene rings is 1. The van der Waals surface area contributed by atoms with Crippen LogP contribution in [-0.2, 0) is 4.79 Å². The smallest absolute Gasteiger partial charge is 0.238 e. The molecule has 0 aliphatic carbocycles. The molecule has 0 unspecified atom stereocenters. The minimum Gasteiger partial charge on any atom is -0.330 e. The Morgan fingerprint density at radius 3 is 2.60 bits per heavy atom. The minimum atomic E-state index is 0. The number of likely N-dealkylation sites (N-methyl/N-ethyl adjacent to an activating group) is 1. The molecule has 0 aliphatic rings. The number of nitrogens with one attached hydrogen (secondary N) is 1. The van der Waals surface area contributed by atoms with E-state index in [0.717, 1.165) is 17.8 Å². The third kappa shape index (κ3) is 6.89. The Kier molecular flexibility index (Phi) is 7.79. The quantitative estimate of drug-likeness (QED) is 0.847. The third-order valence-electron chi connectivity index (χ3n) is 2.97. The van der Waals surface area contributed by atoms with Crippen molar-refractivity contribution < 1.29 is 4.79 Å². The van der Waals surface area contributed by atoms with E-state index in [0.29, 0.717) is 13.1 Å². The van der Waals surface area contributed by atoms with Gasteiger partial charge in [-0.15, -0.1) is 12.4 Å². The molecular formula is C15H26ClN3O. The number of carbonyl (C=O) groups excluding carboxylic acids is 1. The van der Waals surface area contributed by atoms with Gasteiger partial charge in [-0.25, -0.2) is 0 Å². The maximum atomic E-state index is 11.9. The van der Waals surface area contributed by atoms with E-state index in [2.05, 4.69) is 19.2 Å². The van der Waals surface area contributed by atoms with E-state index in [4.69, 9.17) is 5.73 Å². The lowest BCUT2D eigenvalue weighted by Gasteiger charge is -2.28. The Bertz CT molecular complexity index is 435. The summed E-state index contributed by atoms with van der Waals surface area (Å²) >= 11 is 0. The topological polar surface area (TPSA) is 58.4 Å². The number of hydrogen-bond acceptors (Lipinski definition) is 3. The van der Waals surface area contributed by atoms with Crippen LogP contribution in [0.15, 0.2) is 24.3 Å². The fourth-order valence-corrected chi connectivity index (χ4v) is 2.02. The van der Waals surface area contributed by atoms with Crippen molar-refractivity contribution in [1.82, 2.24) is 4.90 Å². The molecule has 0 aromatic heterocycles. The number of anilines is 1. The predicted octanol–water partition coefficient (Wildman–Crippen LogP) is 2.27. The summed E-state index contributed by atoms with van der Waals surface area (Å²) < 4.78 is 0. The van der Waals surface area contributed by atoms with Crippen LogP contribution in [0.4, 0.5) is 5.69 Å². The van der Waals surface area contributed by atoms with Crippen LogP contribution in [0.3, 0.4) is 0 Å². The van der Waals surface area contributed by atoms with Gasteiger partial charge in [-0.05, 0) is 43.6 Å². The van der Waals surface area contributed by atoms with Crippen molar-refractivity contribution in [1.29, 1.82) is 0 Å². The minimum absolute atomic E-state index is 0. The van der Waals surface area contributed by atoms with Crippen LogP contribution in [0.25, 0.3) is 0 Å². The highest BCUT2D eigenvalue weighted by Gasteiger charge is 2.19. The van der Waals surface area contributed by atoms with E-state index in [-0.39, 0.29) is 23.7 Å². The van der Waals surface area contributed by atoms with Crippen molar-refractivity contribution in [2.75, 3.05) is 32.0 Å². The summed E-state index contributed by atoms with van der Waals surface area (Å²) in [4.78, 5) is 13.9. The molecular weight excluding hydrogens is 274 g/mol. The van der Waals surface area contributed by atoms with Crippen LogP contribution in [0, 0.1) is 12.3 Å². The van der Waals surface area contributed by atoms with Gasteiger partial charge in [0, 0.05) is 12.2 Å². The van der Waals surface area contributed by atoms with Crippen LogP contribution in [-0.4, -0.2) is 37.5 Å². The van der Waals surface area contributed by atoms with Crippen LogP contribution >= 0.6 is 12.4 Å². The van der Waals surface area contributed by atoms with Gasteiger partial charge in [0.1, 0.15) is 0 Å². The zero-order valence-corrected chi connectivity index (χ0v) is 13.6. The summed E-state index contributed by atoms with van der Waals surface area (Å²) in [6.45, 7) is 7.98. The number of rotatable bonds is 6. The lowest BCUT2D eigenvalue weighted by atomic mass is 9.93. The monoisotopic (exact) mass is 299 g/mol. The van der Waals surface area contributed by atoms with Gasteiger partial charge in [0.2, 0.25) is 5.91 Å². The molecule has 1 aromatic rings. The molecule has 0 spiro atoms.